The van der Waals surface area contributed by atoms with E-state index in [-0.39, 0.29) is 5.91 Å². The highest BCUT2D eigenvalue weighted by atomic mass is 79.9. The van der Waals surface area contributed by atoms with Gasteiger partial charge in [-0.05, 0) is 50.0 Å². The summed E-state index contributed by atoms with van der Waals surface area (Å²) in [5.41, 5.74) is 0.671. The number of carbonyl (C=O) groups is 1. The molecule has 18 heavy (non-hydrogen) atoms. The summed E-state index contributed by atoms with van der Waals surface area (Å²) in [7, 11) is 0. The number of anilines is 1. The third kappa shape index (κ3) is 3.97. The molecule has 0 saturated carbocycles. The van der Waals surface area contributed by atoms with Gasteiger partial charge in [0.2, 0.25) is 5.91 Å². The Morgan fingerprint density at radius 3 is 2.89 bits per heavy atom. The van der Waals surface area contributed by atoms with Gasteiger partial charge in [-0.1, -0.05) is 27.5 Å². The van der Waals surface area contributed by atoms with Crippen molar-refractivity contribution < 1.29 is 4.79 Å². The van der Waals surface area contributed by atoms with Gasteiger partial charge in [0.25, 0.3) is 0 Å². The van der Waals surface area contributed by atoms with Crippen molar-refractivity contribution in [3.05, 3.63) is 27.7 Å². The van der Waals surface area contributed by atoms with E-state index in [1.165, 1.54) is 0 Å². The Kier molecular flexibility index (Phi) is 5.03. The summed E-state index contributed by atoms with van der Waals surface area (Å²) >= 11 is 9.40. The van der Waals surface area contributed by atoms with Crippen molar-refractivity contribution in [1.29, 1.82) is 0 Å². The Bertz CT molecular complexity index is 433. The molecule has 0 radical (unpaired) electrons. The smallest absolute Gasteiger partial charge is 0.224 e. The molecular weight excluding hydrogens is 316 g/mol. The average Bonchev–Trinajstić information content (AvgIpc) is 2.35. The SMILES string of the molecule is O=C(CC1CCNCC1)Nc1cc(Br)ccc1Cl. The first-order chi connectivity index (χ1) is 8.65. The zero-order valence-electron chi connectivity index (χ0n) is 10.0. The highest BCUT2D eigenvalue weighted by Crippen LogP contribution is 2.26. The van der Waals surface area contributed by atoms with Crippen LogP contribution in [0, 0.1) is 5.92 Å². The van der Waals surface area contributed by atoms with Crippen molar-refractivity contribution in [2.45, 2.75) is 19.3 Å². The van der Waals surface area contributed by atoms with E-state index >= 15 is 0 Å². The lowest BCUT2D eigenvalue weighted by atomic mass is 9.94. The molecule has 1 aliphatic heterocycles. The number of hydrogen-bond donors (Lipinski definition) is 2. The lowest BCUT2D eigenvalue weighted by Gasteiger charge is -2.22. The molecule has 2 N–H and O–H groups in total. The molecule has 0 aliphatic carbocycles. The molecule has 0 aromatic heterocycles. The fraction of sp³-hybridized carbons (Fsp3) is 0.462. The Labute approximate surface area is 120 Å². The van der Waals surface area contributed by atoms with E-state index in [2.05, 4.69) is 26.6 Å². The van der Waals surface area contributed by atoms with Crippen LogP contribution in [0.4, 0.5) is 5.69 Å². The lowest BCUT2D eigenvalue weighted by Crippen LogP contribution is -2.30. The van der Waals surface area contributed by atoms with Gasteiger partial charge in [0, 0.05) is 10.9 Å². The molecule has 5 heteroatoms. The fourth-order valence-electron chi connectivity index (χ4n) is 2.14. The first kappa shape index (κ1) is 13.8. The first-order valence-corrected chi connectivity index (χ1v) is 7.28. The van der Waals surface area contributed by atoms with E-state index in [1.54, 1.807) is 6.07 Å². The summed E-state index contributed by atoms with van der Waals surface area (Å²) in [5, 5.41) is 6.74. The van der Waals surface area contributed by atoms with E-state index < -0.39 is 0 Å². The van der Waals surface area contributed by atoms with Crippen molar-refractivity contribution in [3.63, 3.8) is 0 Å². The minimum atomic E-state index is 0.0434. The Balaban J connectivity index is 1.92. The average molecular weight is 332 g/mol. The molecule has 2 rings (SSSR count). The second-order valence-electron chi connectivity index (χ2n) is 4.57. The van der Waals surface area contributed by atoms with Crippen molar-refractivity contribution in [2.24, 2.45) is 5.92 Å². The van der Waals surface area contributed by atoms with E-state index in [0.29, 0.717) is 23.0 Å². The number of carbonyl (C=O) groups excluding carboxylic acids is 1. The maximum atomic E-state index is 11.9. The van der Waals surface area contributed by atoms with Crippen LogP contribution in [-0.2, 0) is 4.79 Å². The zero-order chi connectivity index (χ0) is 13.0. The summed E-state index contributed by atoms with van der Waals surface area (Å²) in [6.45, 7) is 2.02. The maximum absolute atomic E-state index is 11.9. The Morgan fingerprint density at radius 1 is 1.44 bits per heavy atom. The van der Waals surface area contributed by atoms with Gasteiger partial charge >= 0.3 is 0 Å². The minimum Gasteiger partial charge on any atom is -0.325 e. The van der Waals surface area contributed by atoms with E-state index in [9.17, 15) is 4.79 Å². The van der Waals surface area contributed by atoms with E-state index in [1.807, 2.05) is 12.1 Å². The zero-order valence-corrected chi connectivity index (χ0v) is 12.4. The lowest BCUT2D eigenvalue weighted by molar-refractivity contribution is -0.117. The summed E-state index contributed by atoms with van der Waals surface area (Å²) in [6, 6.07) is 5.44. The normalized spacial score (nSPS) is 16.6. The number of rotatable bonds is 3. The summed E-state index contributed by atoms with van der Waals surface area (Å²) < 4.78 is 0.907. The third-order valence-corrected chi connectivity index (χ3v) is 3.96. The molecule has 1 amide bonds. The number of nitrogens with one attached hydrogen (secondary N) is 2. The van der Waals surface area contributed by atoms with Gasteiger partial charge in [-0.2, -0.15) is 0 Å². The van der Waals surface area contributed by atoms with Gasteiger partial charge in [-0.25, -0.2) is 0 Å². The van der Waals surface area contributed by atoms with Crippen LogP contribution in [0.3, 0.4) is 0 Å². The molecule has 1 heterocycles. The van der Waals surface area contributed by atoms with Crippen molar-refractivity contribution >= 4 is 39.1 Å². The van der Waals surface area contributed by atoms with Crippen LogP contribution < -0.4 is 10.6 Å². The second-order valence-corrected chi connectivity index (χ2v) is 5.89. The summed E-state index contributed by atoms with van der Waals surface area (Å²) in [5.74, 6) is 0.527. The molecule has 98 valence electrons. The third-order valence-electron chi connectivity index (χ3n) is 3.14. The quantitative estimate of drug-likeness (QED) is 0.891. The van der Waals surface area contributed by atoms with Gasteiger partial charge in [0.05, 0.1) is 10.7 Å². The van der Waals surface area contributed by atoms with Gasteiger partial charge in [0.15, 0.2) is 0 Å². The van der Waals surface area contributed by atoms with Crippen LogP contribution in [0.1, 0.15) is 19.3 Å². The van der Waals surface area contributed by atoms with Crippen molar-refractivity contribution in [3.8, 4) is 0 Å². The first-order valence-electron chi connectivity index (χ1n) is 6.11. The topological polar surface area (TPSA) is 41.1 Å². The maximum Gasteiger partial charge on any atom is 0.224 e. The molecule has 0 spiro atoms. The monoisotopic (exact) mass is 330 g/mol. The largest absolute Gasteiger partial charge is 0.325 e. The van der Waals surface area contributed by atoms with Gasteiger partial charge in [-0.15, -0.1) is 0 Å². The van der Waals surface area contributed by atoms with Crippen LogP contribution >= 0.6 is 27.5 Å². The standard InChI is InChI=1S/C13H16BrClN2O/c14-10-1-2-11(15)12(8-10)17-13(18)7-9-3-5-16-6-4-9/h1-2,8-9,16H,3-7H2,(H,17,18). The number of benzene rings is 1. The summed E-state index contributed by atoms with van der Waals surface area (Å²) in [4.78, 5) is 11.9. The van der Waals surface area contributed by atoms with Crippen LogP contribution in [0.25, 0.3) is 0 Å². The van der Waals surface area contributed by atoms with E-state index in [4.69, 9.17) is 11.6 Å². The molecule has 0 atom stereocenters. The molecule has 1 aromatic rings. The highest BCUT2D eigenvalue weighted by Gasteiger charge is 2.17. The van der Waals surface area contributed by atoms with E-state index in [0.717, 1.165) is 30.4 Å². The summed E-state index contributed by atoms with van der Waals surface area (Å²) in [6.07, 6.45) is 2.71. The molecule has 1 aliphatic rings. The Hall–Kier alpha value is -0.580. The molecule has 0 bridgehead atoms. The molecular formula is C13H16BrClN2O. The molecule has 1 aromatic carbocycles. The van der Waals surface area contributed by atoms with Gasteiger partial charge in [0.1, 0.15) is 0 Å². The highest BCUT2D eigenvalue weighted by molar-refractivity contribution is 9.10. The number of piperidine rings is 1. The minimum absolute atomic E-state index is 0.0434. The molecule has 1 fully saturated rings. The van der Waals surface area contributed by atoms with Gasteiger partial charge < -0.3 is 10.6 Å². The molecule has 0 unspecified atom stereocenters. The van der Waals surface area contributed by atoms with Crippen LogP contribution in [-0.4, -0.2) is 19.0 Å². The van der Waals surface area contributed by atoms with Crippen LogP contribution in [0.5, 0.6) is 0 Å². The molecule has 3 nitrogen and oxygen atoms in total. The van der Waals surface area contributed by atoms with Crippen molar-refractivity contribution in [1.82, 2.24) is 5.32 Å². The van der Waals surface area contributed by atoms with Crippen LogP contribution in [0.15, 0.2) is 22.7 Å². The second kappa shape index (κ2) is 6.55. The van der Waals surface area contributed by atoms with Crippen molar-refractivity contribution in [2.75, 3.05) is 18.4 Å². The predicted molar refractivity (Wildman–Crippen MR) is 78.0 cm³/mol. The number of amides is 1. The fourth-order valence-corrected chi connectivity index (χ4v) is 2.67. The number of hydrogen-bond acceptors (Lipinski definition) is 2. The molecule has 1 saturated heterocycles. The number of halogens is 2. The Morgan fingerprint density at radius 2 is 2.17 bits per heavy atom. The van der Waals surface area contributed by atoms with Crippen LogP contribution in [0.2, 0.25) is 5.02 Å². The predicted octanol–water partition coefficient (Wildman–Crippen LogP) is 3.43. The van der Waals surface area contributed by atoms with Gasteiger partial charge in [-0.3, -0.25) is 4.79 Å².